The summed E-state index contributed by atoms with van der Waals surface area (Å²) in [6.45, 7) is 3.32. The van der Waals surface area contributed by atoms with Crippen LogP contribution in [0, 0.1) is 12.7 Å². The number of rotatable bonds is 5. The van der Waals surface area contributed by atoms with Crippen LogP contribution in [0.2, 0.25) is 0 Å². The Morgan fingerprint density at radius 3 is 2.71 bits per heavy atom. The van der Waals surface area contributed by atoms with Crippen LogP contribution in [0.3, 0.4) is 0 Å². The van der Waals surface area contributed by atoms with Gasteiger partial charge in [0.15, 0.2) is 5.13 Å². The number of aryl methyl sites for hydroxylation is 1. The number of halogens is 1. The van der Waals surface area contributed by atoms with Gasteiger partial charge in [0.05, 0.1) is 11.4 Å². The lowest BCUT2D eigenvalue weighted by Crippen LogP contribution is -2.39. The molecule has 34 heavy (non-hydrogen) atoms. The average molecular weight is 473 g/mol. The van der Waals surface area contributed by atoms with E-state index in [1.807, 2.05) is 59.7 Å². The van der Waals surface area contributed by atoms with Crippen LogP contribution >= 0.6 is 11.3 Å². The number of carbonyl (C=O) groups excluding carboxylic acids is 1. The number of nitrogens with zero attached hydrogens (tertiary/aromatic N) is 3. The maximum absolute atomic E-state index is 13.3. The molecule has 1 fully saturated rings. The van der Waals surface area contributed by atoms with Crippen LogP contribution in [0.15, 0.2) is 72.1 Å². The van der Waals surface area contributed by atoms with Gasteiger partial charge in [0.2, 0.25) is 0 Å². The summed E-state index contributed by atoms with van der Waals surface area (Å²) in [6, 6.07) is 19.9. The second-order valence-corrected chi connectivity index (χ2v) is 9.40. The molecule has 5 nitrogen and oxygen atoms in total. The van der Waals surface area contributed by atoms with Crippen molar-refractivity contribution < 1.29 is 9.18 Å². The highest BCUT2D eigenvalue weighted by Crippen LogP contribution is 2.29. The molecule has 5 rings (SSSR count). The first-order chi connectivity index (χ1) is 16.5. The van der Waals surface area contributed by atoms with Gasteiger partial charge in [-0.25, -0.2) is 9.37 Å². The largest absolute Gasteiger partial charge is 0.338 e. The van der Waals surface area contributed by atoms with Gasteiger partial charge in [-0.3, -0.25) is 9.78 Å². The van der Waals surface area contributed by atoms with Crippen molar-refractivity contribution in [3.63, 3.8) is 0 Å². The van der Waals surface area contributed by atoms with Gasteiger partial charge in [-0.1, -0.05) is 12.1 Å². The smallest absolute Gasteiger partial charge is 0.253 e. The number of carbonyl (C=O) groups is 1. The molecule has 1 aliphatic heterocycles. The molecular weight excluding hydrogens is 447 g/mol. The Labute approximate surface area is 202 Å². The predicted octanol–water partition coefficient (Wildman–Crippen LogP) is 6.42. The molecule has 4 aromatic rings. The standard InChI is InChI=1S/C27H25FN4OS/c1-18-17-34-27(29-18)30-23-7-2-5-20(15-23)26(33)32-14-4-6-21(16-32)25-9-3-8-24(31-25)19-10-12-22(28)13-11-19/h2-3,5,7-13,15,17,21H,4,6,14,16H2,1H3,(H,29,30)/t21-/m1/s1. The highest BCUT2D eigenvalue weighted by Gasteiger charge is 2.26. The van der Waals surface area contributed by atoms with Crippen LogP contribution in [0.1, 0.15) is 40.5 Å². The average Bonchev–Trinajstić information content (AvgIpc) is 3.28. The number of piperidine rings is 1. The number of thiazole rings is 1. The number of anilines is 2. The van der Waals surface area contributed by atoms with E-state index < -0.39 is 0 Å². The Bertz CT molecular complexity index is 1300. The molecule has 2 aromatic heterocycles. The third-order valence-corrected chi connectivity index (χ3v) is 6.89. The Morgan fingerprint density at radius 1 is 1.09 bits per heavy atom. The van der Waals surface area contributed by atoms with Crippen molar-refractivity contribution in [2.24, 2.45) is 0 Å². The van der Waals surface area contributed by atoms with Gasteiger partial charge in [0, 0.05) is 46.9 Å². The molecule has 1 atom stereocenters. The number of aromatic nitrogens is 2. The summed E-state index contributed by atoms with van der Waals surface area (Å²) in [6.07, 6.45) is 1.91. The second-order valence-electron chi connectivity index (χ2n) is 8.54. The maximum atomic E-state index is 13.3. The van der Waals surface area contributed by atoms with Crippen molar-refractivity contribution in [2.75, 3.05) is 18.4 Å². The van der Waals surface area contributed by atoms with Crippen LogP contribution in [0.4, 0.5) is 15.2 Å². The zero-order chi connectivity index (χ0) is 23.5. The van der Waals surface area contributed by atoms with Crippen LogP contribution < -0.4 is 5.32 Å². The lowest BCUT2D eigenvalue weighted by molar-refractivity contribution is 0.0706. The number of likely N-dealkylation sites (tertiary alicyclic amines) is 1. The molecule has 0 spiro atoms. The first kappa shape index (κ1) is 22.2. The molecule has 1 N–H and O–H groups in total. The lowest BCUT2D eigenvalue weighted by Gasteiger charge is -2.32. The zero-order valence-corrected chi connectivity index (χ0v) is 19.7. The number of amides is 1. The van der Waals surface area contributed by atoms with Crippen molar-refractivity contribution in [1.82, 2.24) is 14.9 Å². The first-order valence-electron chi connectivity index (χ1n) is 11.4. The van der Waals surface area contributed by atoms with E-state index in [9.17, 15) is 9.18 Å². The molecule has 7 heteroatoms. The van der Waals surface area contributed by atoms with Crippen LogP contribution in [0.5, 0.6) is 0 Å². The summed E-state index contributed by atoms with van der Waals surface area (Å²) < 4.78 is 13.3. The summed E-state index contributed by atoms with van der Waals surface area (Å²) >= 11 is 1.54. The van der Waals surface area contributed by atoms with Crippen molar-refractivity contribution in [2.45, 2.75) is 25.7 Å². The monoisotopic (exact) mass is 472 g/mol. The second kappa shape index (κ2) is 9.73. The number of hydrogen-bond acceptors (Lipinski definition) is 5. The van der Waals surface area contributed by atoms with E-state index >= 15 is 0 Å². The minimum Gasteiger partial charge on any atom is -0.338 e. The van der Waals surface area contributed by atoms with Gasteiger partial charge in [-0.2, -0.15) is 0 Å². The Balaban J connectivity index is 1.31. The van der Waals surface area contributed by atoms with Gasteiger partial charge in [0.1, 0.15) is 5.82 Å². The van der Waals surface area contributed by atoms with Crippen molar-refractivity contribution in [3.05, 3.63) is 94.9 Å². The highest BCUT2D eigenvalue weighted by molar-refractivity contribution is 7.13. The van der Waals surface area contributed by atoms with Crippen LogP contribution in [-0.2, 0) is 0 Å². The summed E-state index contributed by atoms with van der Waals surface area (Å²) in [7, 11) is 0. The normalized spacial score (nSPS) is 15.8. The molecule has 2 aromatic carbocycles. The third-order valence-electron chi connectivity index (χ3n) is 6.02. The number of benzene rings is 2. The fourth-order valence-electron chi connectivity index (χ4n) is 4.31. The summed E-state index contributed by atoms with van der Waals surface area (Å²) in [5.74, 6) is -0.0709. The van der Waals surface area contributed by atoms with Crippen LogP contribution in [0.25, 0.3) is 11.3 Å². The summed E-state index contributed by atoms with van der Waals surface area (Å²) in [5.41, 5.74) is 5.14. The molecule has 0 saturated carbocycles. The Hall–Kier alpha value is -3.58. The lowest BCUT2D eigenvalue weighted by atomic mass is 9.93. The molecule has 0 aliphatic carbocycles. The van der Waals surface area contributed by atoms with Crippen molar-refractivity contribution in [3.8, 4) is 11.3 Å². The Morgan fingerprint density at radius 2 is 1.91 bits per heavy atom. The SMILES string of the molecule is Cc1csc(Nc2cccc(C(=O)N3CCC[C@@H](c4cccc(-c5ccc(F)cc5)n4)C3)c2)n1. The molecule has 1 saturated heterocycles. The number of nitrogens with one attached hydrogen (secondary N) is 1. The zero-order valence-electron chi connectivity index (χ0n) is 18.9. The van der Waals surface area contributed by atoms with E-state index in [-0.39, 0.29) is 17.6 Å². The van der Waals surface area contributed by atoms with Gasteiger partial charge in [-0.15, -0.1) is 11.3 Å². The molecule has 1 amide bonds. The highest BCUT2D eigenvalue weighted by atomic mass is 32.1. The summed E-state index contributed by atoms with van der Waals surface area (Å²) in [5, 5.41) is 6.09. The molecule has 1 aliphatic rings. The van der Waals surface area contributed by atoms with E-state index in [4.69, 9.17) is 4.98 Å². The molecule has 0 radical (unpaired) electrons. The van der Waals surface area contributed by atoms with Gasteiger partial charge in [0.25, 0.3) is 5.91 Å². The predicted molar refractivity (Wildman–Crippen MR) is 134 cm³/mol. The number of hydrogen-bond donors (Lipinski definition) is 1. The van der Waals surface area contributed by atoms with Crippen molar-refractivity contribution >= 4 is 28.1 Å². The number of pyridine rings is 1. The van der Waals surface area contributed by atoms with E-state index in [2.05, 4.69) is 10.3 Å². The fraction of sp³-hybridized carbons (Fsp3) is 0.222. The first-order valence-corrected chi connectivity index (χ1v) is 12.2. The minimum absolute atomic E-state index is 0.0263. The maximum Gasteiger partial charge on any atom is 0.253 e. The minimum atomic E-state index is -0.262. The molecule has 3 heterocycles. The molecule has 172 valence electrons. The Kier molecular flexibility index (Phi) is 6.36. The van der Waals surface area contributed by atoms with Gasteiger partial charge in [-0.05, 0) is 74.4 Å². The van der Waals surface area contributed by atoms with E-state index in [0.29, 0.717) is 12.1 Å². The van der Waals surface area contributed by atoms with E-state index in [1.54, 1.807) is 23.5 Å². The topological polar surface area (TPSA) is 58.1 Å². The van der Waals surface area contributed by atoms with Crippen LogP contribution in [-0.4, -0.2) is 33.9 Å². The molecule has 0 unspecified atom stereocenters. The molecular formula is C27H25FN4OS. The fourth-order valence-corrected chi connectivity index (χ4v) is 5.02. The summed E-state index contributed by atoms with van der Waals surface area (Å²) in [4.78, 5) is 24.5. The quantitative estimate of drug-likeness (QED) is 0.364. The van der Waals surface area contributed by atoms with E-state index in [1.165, 1.54) is 12.1 Å². The van der Waals surface area contributed by atoms with Crippen molar-refractivity contribution in [1.29, 1.82) is 0 Å². The van der Waals surface area contributed by atoms with Gasteiger partial charge >= 0.3 is 0 Å². The van der Waals surface area contributed by atoms with Gasteiger partial charge < -0.3 is 10.2 Å². The third kappa shape index (κ3) is 4.99. The molecule has 0 bridgehead atoms. The van der Waals surface area contributed by atoms with E-state index in [0.717, 1.165) is 52.9 Å².